The van der Waals surface area contributed by atoms with E-state index in [0.717, 1.165) is 0 Å². The quantitative estimate of drug-likeness (QED) is 0.875. The molecule has 0 radical (unpaired) electrons. The van der Waals surface area contributed by atoms with Crippen molar-refractivity contribution in [3.63, 3.8) is 0 Å². The zero-order valence-corrected chi connectivity index (χ0v) is 10.6. The number of ether oxygens (including phenoxy) is 1. The van der Waals surface area contributed by atoms with Crippen molar-refractivity contribution >= 4 is 9.84 Å². The Balaban J connectivity index is 3.32. The van der Waals surface area contributed by atoms with Gasteiger partial charge in [0.2, 0.25) is 9.84 Å². The van der Waals surface area contributed by atoms with Crippen molar-refractivity contribution in [3.8, 4) is 5.75 Å². The maximum atomic E-state index is 11.9. The number of benzene rings is 1. The Bertz CT molecular complexity index is 483. The third-order valence-electron chi connectivity index (χ3n) is 2.33. The van der Waals surface area contributed by atoms with Crippen LogP contribution in [0.3, 0.4) is 0 Å². The van der Waals surface area contributed by atoms with Crippen LogP contribution in [0.5, 0.6) is 5.75 Å². The van der Waals surface area contributed by atoms with Crippen molar-refractivity contribution in [1.29, 1.82) is 0 Å². The second-order valence-corrected chi connectivity index (χ2v) is 6.56. The summed E-state index contributed by atoms with van der Waals surface area (Å²) < 4.78 is 28.9. The van der Waals surface area contributed by atoms with Crippen molar-refractivity contribution < 1.29 is 18.3 Å². The lowest BCUT2D eigenvalue weighted by molar-refractivity contribution is 0.165. The first-order chi connectivity index (χ1) is 7.20. The molecule has 0 amide bonds. The fourth-order valence-electron chi connectivity index (χ4n) is 1.31. The van der Waals surface area contributed by atoms with Gasteiger partial charge in [0.05, 0.1) is 12.0 Å². The monoisotopic (exact) mass is 244 g/mol. The van der Waals surface area contributed by atoms with Crippen LogP contribution < -0.4 is 4.74 Å². The number of hydrogen-bond acceptors (Lipinski definition) is 4. The highest BCUT2D eigenvalue weighted by Gasteiger charge is 2.33. The van der Waals surface area contributed by atoms with E-state index in [1.165, 1.54) is 33.1 Å². The van der Waals surface area contributed by atoms with Crippen molar-refractivity contribution in [2.45, 2.75) is 30.6 Å². The average Bonchev–Trinajstić information content (AvgIpc) is 2.15. The average molecular weight is 244 g/mol. The molecular formula is C11H16O4S. The molecule has 1 aromatic rings. The molecule has 0 atom stereocenters. The molecule has 0 aliphatic rings. The summed E-state index contributed by atoms with van der Waals surface area (Å²) in [6.45, 7) is 4.26. The first-order valence-corrected chi connectivity index (χ1v) is 6.30. The molecule has 1 aromatic carbocycles. The van der Waals surface area contributed by atoms with E-state index in [4.69, 9.17) is 4.74 Å². The van der Waals surface area contributed by atoms with Gasteiger partial charge in [-0.25, -0.2) is 8.42 Å². The summed E-state index contributed by atoms with van der Waals surface area (Å²) in [4.78, 5) is -1.69. The molecule has 5 heteroatoms. The Morgan fingerprint density at radius 2 is 1.88 bits per heavy atom. The zero-order chi connectivity index (χ0) is 12.6. The van der Waals surface area contributed by atoms with Gasteiger partial charge in [0.1, 0.15) is 5.75 Å². The van der Waals surface area contributed by atoms with Gasteiger partial charge in [0.15, 0.2) is 4.93 Å². The molecule has 16 heavy (non-hydrogen) atoms. The van der Waals surface area contributed by atoms with E-state index in [9.17, 15) is 13.5 Å². The Labute approximate surface area is 95.8 Å². The van der Waals surface area contributed by atoms with E-state index in [0.29, 0.717) is 11.3 Å². The number of methoxy groups -OCH3 is 1. The Kier molecular flexibility index (Phi) is 3.30. The van der Waals surface area contributed by atoms with Crippen LogP contribution in [0.2, 0.25) is 0 Å². The Hall–Kier alpha value is -1.07. The van der Waals surface area contributed by atoms with Crippen LogP contribution in [0.4, 0.5) is 0 Å². The fourth-order valence-corrected chi connectivity index (χ4v) is 2.46. The summed E-state index contributed by atoms with van der Waals surface area (Å²) in [5.41, 5.74) is 0.716. The fraction of sp³-hybridized carbons (Fsp3) is 0.455. The normalized spacial score (nSPS) is 12.6. The lowest BCUT2D eigenvalue weighted by Crippen LogP contribution is -2.31. The maximum Gasteiger partial charge on any atom is 0.207 e. The molecule has 0 heterocycles. The molecule has 0 saturated carbocycles. The molecule has 0 unspecified atom stereocenters. The van der Waals surface area contributed by atoms with Gasteiger partial charge in [-0.2, -0.15) is 0 Å². The van der Waals surface area contributed by atoms with E-state index in [1.807, 2.05) is 0 Å². The van der Waals surface area contributed by atoms with Crippen molar-refractivity contribution in [2.24, 2.45) is 0 Å². The predicted molar refractivity (Wildman–Crippen MR) is 61.2 cm³/mol. The van der Waals surface area contributed by atoms with Gasteiger partial charge in [-0.05, 0) is 44.5 Å². The van der Waals surface area contributed by atoms with Gasteiger partial charge in [-0.15, -0.1) is 0 Å². The van der Waals surface area contributed by atoms with Crippen molar-refractivity contribution in [1.82, 2.24) is 0 Å². The van der Waals surface area contributed by atoms with Crippen LogP contribution in [0, 0.1) is 6.92 Å². The first-order valence-electron chi connectivity index (χ1n) is 4.82. The van der Waals surface area contributed by atoms with Crippen LogP contribution in [0.15, 0.2) is 23.1 Å². The second-order valence-electron chi connectivity index (χ2n) is 4.08. The maximum absolute atomic E-state index is 11.9. The molecule has 0 fully saturated rings. The Morgan fingerprint density at radius 1 is 1.31 bits per heavy atom. The van der Waals surface area contributed by atoms with Crippen molar-refractivity contribution in [2.75, 3.05) is 7.11 Å². The van der Waals surface area contributed by atoms with Gasteiger partial charge >= 0.3 is 0 Å². The van der Waals surface area contributed by atoms with Gasteiger partial charge in [-0.1, -0.05) is 0 Å². The molecule has 90 valence electrons. The van der Waals surface area contributed by atoms with Crippen LogP contribution in [0.25, 0.3) is 0 Å². The van der Waals surface area contributed by atoms with Gasteiger partial charge in [0.25, 0.3) is 0 Å². The van der Waals surface area contributed by atoms with E-state index in [1.54, 1.807) is 13.0 Å². The highest BCUT2D eigenvalue weighted by Crippen LogP contribution is 2.27. The highest BCUT2D eigenvalue weighted by atomic mass is 32.2. The summed E-state index contributed by atoms with van der Waals surface area (Å²) in [5.74, 6) is 0.620. The molecular weight excluding hydrogens is 228 g/mol. The molecule has 0 aromatic heterocycles. The van der Waals surface area contributed by atoms with Crippen molar-refractivity contribution in [3.05, 3.63) is 23.8 Å². The summed E-state index contributed by atoms with van der Waals surface area (Å²) in [6.07, 6.45) is 0. The SMILES string of the molecule is COc1ccc(S(=O)(=O)C(C)(C)O)cc1C. The third-order valence-corrected chi connectivity index (χ3v) is 4.52. The van der Waals surface area contributed by atoms with E-state index >= 15 is 0 Å². The standard InChI is InChI=1S/C11H16O4S/c1-8-7-9(5-6-10(8)15-4)16(13,14)11(2,3)12/h5-7,12H,1-4H3. The first kappa shape index (κ1) is 13.0. The van der Waals surface area contributed by atoms with Crippen LogP contribution in [0.1, 0.15) is 19.4 Å². The smallest absolute Gasteiger partial charge is 0.207 e. The molecule has 1 rings (SSSR count). The zero-order valence-electron chi connectivity index (χ0n) is 9.81. The minimum Gasteiger partial charge on any atom is -0.496 e. The number of aryl methyl sites for hydroxylation is 1. The molecule has 0 saturated heterocycles. The van der Waals surface area contributed by atoms with Gasteiger partial charge in [-0.3, -0.25) is 0 Å². The number of rotatable bonds is 3. The van der Waals surface area contributed by atoms with Crippen LogP contribution in [-0.4, -0.2) is 25.6 Å². The molecule has 0 spiro atoms. The van der Waals surface area contributed by atoms with Gasteiger partial charge < -0.3 is 9.84 Å². The summed E-state index contributed by atoms with van der Waals surface area (Å²) in [5, 5.41) is 9.60. The van der Waals surface area contributed by atoms with Crippen LogP contribution >= 0.6 is 0 Å². The van der Waals surface area contributed by atoms with Gasteiger partial charge in [0, 0.05) is 0 Å². The van der Waals surface area contributed by atoms with E-state index in [-0.39, 0.29) is 4.90 Å². The number of hydrogen-bond donors (Lipinski definition) is 1. The molecule has 4 nitrogen and oxygen atoms in total. The topological polar surface area (TPSA) is 63.6 Å². The highest BCUT2D eigenvalue weighted by molar-refractivity contribution is 7.92. The molecule has 0 aliphatic heterocycles. The summed E-state index contributed by atoms with van der Waals surface area (Å²) >= 11 is 0. The minimum atomic E-state index is -3.72. The molecule has 0 bridgehead atoms. The Morgan fingerprint density at radius 3 is 2.25 bits per heavy atom. The molecule has 0 aliphatic carbocycles. The summed E-state index contributed by atoms with van der Waals surface area (Å²) in [6, 6.07) is 4.50. The lowest BCUT2D eigenvalue weighted by Gasteiger charge is -2.18. The second kappa shape index (κ2) is 4.07. The largest absolute Gasteiger partial charge is 0.496 e. The molecule has 1 N–H and O–H groups in total. The number of sulfone groups is 1. The predicted octanol–water partition coefficient (Wildman–Crippen LogP) is 1.51. The summed E-state index contributed by atoms with van der Waals surface area (Å²) in [7, 11) is -2.20. The minimum absolute atomic E-state index is 0.0956. The van der Waals surface area contributed by atoms with Crippen LogP contribution in [-0.2, 0) is 9.84 Å². The van der Waals surface area contributed by atoms with E-state index < -0.39 is 14.8 Å². The van der Waals surface area contributed by atoms with E-state index in [2.05, 4.69) is 0 Å². The lowest BCUT2D eigenvalue weighted by atomic mass is 10.2. The third kappa shape index (κ3) is 2.20. The number of aliphatic hydroxyl groups is 1.